The van der Waals surface area contributed by atoms with Crippen molar-refractivity contribution in [2.45, 2.75) is 63.5 Å². The van der Waals surface area contributed by atoms with Gasteiger partial charge in [-0.3, -0.25) is 9.69 Å². The molecule has 0 bridgehead atoms. The second kappa shape index (κ2) is 8.72. The molecule has 2 aliphatic heterocycles. The summed E-state index contributed by atoms with van der Waals surface area (Å²) < 4.78 is 0. The number of nitrogens with one attached hydrogen (secondary N) is 1. The lowest BCUT2D eigenvalue weighted by Gasteiger charge is -2.41. The summed E-state index contributed by atoms with van der Waals surface area (Å²) in [5.41, 5.74) is -0.241. The van der Waals surface area contributed by atoms with Crippen molar-refractivity contribution in [3.05, 3.63) is 0 Å². The lowest BCUT2D eigenvalue weighted by atomic mass is 9.92. The number of rotatable bonds is 3. The molecule has 1 aliphatic carbocycles. The predicted molar refractivity (Wildman–Crippen MR) is 95.2 cm³/mol. The van der Waals surface area contributed by atoms with E-state index in [-0.39, 0.29) is 30.4 Å². The topological polar surface area (TPSA) is 35.6 Å². The van der Waals surface area contributed by atoms with Crippen LogP contribution in [0.4, 0.5) is 0 Å². The second-order valence-electron chi connectivity index (χ2n) is 6.73. The van der Waals surface area contributed by atoms with E-state index in [0.717, 1.165) is 58.0 Å². The quantitative estimate of drug-likeness (QED) is 0.848. The van der Waals surface area contributed by atoms with Crippen LogP contribution in [0, 0.1) is 0 Å². The molecule has 2 heterocycles. The van der Waals surface area contributed by atoms with Gasteiger partial charge in [-0.05, 0) is 38.6 Å². The van der Waals surface area contributed by atoms with Gasteiger partial charge in [0.15, 0.2) is 0 Å². The number of hydrogen-bond donors (Lipinski definition) is 1. The van der Waals surface area contributed by atoms with Gasteiger partial charge in [0.2, 0.25) is 5.91 Å². The van der Waals surface area contributed by atoms with Crippen LogP contribution < -0.4 is 5.32 Å². The Morgan fingerprint density at radius 2 is 1.73 bits per heavy atom. The molecule has 6 heteroatoms. The van der Waals surface area contributed by atoms with Crippen molar-refractivity contribution in [3.63, 3.8) is 0 Å². The van der Waals surface area contributed by atoms with Gasteiger partial charge in [-0.15, -0.1) is 24.8 Å². The van der Waals surface area contributed by atoms with E-state index in [9.17, 15) is 4.79 Å². The van der Waals surface area contributed by atoms with Gasteiger partial charge in [0.1, 0.15) is 0 Å². The lowest BCUT2D eigenvalue weighted by Crippen LogP contribution is -2.59. The first-order chi connectivity index (χ1) is 9.75. The standard InChI is InChI=1S/C16H29N3O.2ClH/c1-2-16(8-5-9-17-16)15(20)19-12-10-18(11-13-19)14-6-3-4-7-14;;/h14,17H,2-13H2,1H3;2*1H. The number of amides is 1. The SMILES string of the molecule is CCC1(C(=O)N2CCN(C3CCCC3)CC2)CCCN1.Cl.Cl. The molecule has 1 unspecified atom stereocenters. The van der Waals surface area contributed by atoms with Crippen LogP contribution in [0.5, 0.6) is 0 Å². The number of carbonyl (C=O) groups excluding carboxylic acids is 1. The van der Waals surface area contributed by atoms with Crippen molar-refractivity contribution in [2.24, 2.45) is 0 Å². The Kier molecular flexibility index (Phi) is 7.93. The van der Waals surface area contributed by atoms with Gasteiger partial charge in [0.05, 0.1) is 5.54 Å². The Morgan fingerprint density at radius 3 is 2.23 bits per heavy atom. The average molecular weight is 352 g/mol. The number of halogens is 2. The minimum Gasteiger partial charge on any atom is -0.339 e. The maximum absolute atomic E-state index is 12.8. The molecule has 1 N–H and O–H groups in total. The molecule has 1 atom stereocenters. The molecule has 2 saturated heterocycles. The maximum Gasteiger partial charge on any atom is 0.242 e. The summed E-state index contributed by atoms with van der Waals surface area (Å²) in [6.07, 6.45) is 8.61. The van der Waals surface area contributed by atoms with Crippen LogP contribution >= 0.6 is 24.8 Å². The molecule has 3 fully saturated rings. The van der Waals surface area contributed by atoms with Gasteiger partial charge < -0.3 is 10.2 Å². The molecular weight excluding hydrogens is 321 g/mol. The largest absolute Gasteiger partial charge is 0.339 e. The first-order valence-corrected chi connectivity index (χ1v) is 8.54. The highest BCUT2D eigenvalue weighted by atomic mass is 35.5. The summed E-state index contributed by atoms with van der Waals surface area (Å²) in [6.45, 7) is 7.16. The summed E-state index contributed by atoms with van der Waals surface area (Å²) in [6, 6.07) is 0.803. The van der Waals surface area contributed by atoms with E-state index in [0.29, 0.717) is 5.91 Å². The summed E-state index contributed by atoms with van der Waals surface area (Å²) in [5, 5.41) is 3.48. The van der Waals surface area contributed by atoms with Crippen LogP contribution in [0.15, 0.2) is 0 Å². The normalized spacial score (nSPS) is 30.0. The Labute approximate surface area is 147 Å². The lowest BCUT2D eigenvalue weighted by molar-refractivity contribution is -0.140. The Morgan fingerprint density at radius 1 is 1.09 bits per heavy atom. The summed E-state index contributed by atoms with van der Waals surface area (Å²) in [5.74, 6) is 0.364. The maximum atomic E-state index is 12.8. The van der Waals surface area contributed by atoms with Crippen LogP contribution in [0.25, 0.3) is 0 Å². The molecule has 0 aromatic heterocycles. The number of piperazine rings is 1. The summed E-state index contributed by atoms with van der Waals surface area (Å²) >= 11 is 0. The van der Waals surface area contributed by atoms with E-state index in [1.54, 1.807) is 0 Å². The highest BCUT2D eigenvalue weighted by molar-refractivity contribution is 5.87. The molecule has 3 aliphatic rings. The predicted octanol–water partition coefficient (Wildman–Crippen LogP) is 2.45. The van der Waals surface area contributed by atoms with Gasteiger partial charge in [-0.25, -0.2) is 0 Å². The van der Waals surface area contributed by atoms with E-state index >= 15 is 0 Å². The third-order valence-electron chi connectivity index (χ3n) is 5.70. The molecule has 1 amide bonds. The van der Waals surface area contributed by atoms with Crippen molar-refractivity contribution in [1.82, 2.24) is 15.1 Å². The average Bonchev–Trinajstić information content (AvgIpc) is 3.18. The molecule has 3 rings (SSSR count). The fraction of sp³-hybridized carbons (Fsp3) is 0.938. The van der Waals surface area contributed by atoms with Crippen molar-refractivity contribution in [3.8, 4) is 0 Å². The third-order valence-corrected chi connectivity index (χ3v) is 5.70. The molecular formula is C16H31Cl2N3O. The number of carbonyl (C=O) groups is 1. The first kappa shape index (κ1) is 20.0. The van der Waals surface area contributed by atoms with E-state index in [1.165, 1.54) is 25.7 Å². The van der Waals surface area contributed by atoms with Gasteiger partial charge in [-0.1, -0.05) is 19.8 Å². The molecule has 22 heavy (non-hydrogen) atoms. The molecule has 0 spiro atoms. The number of nitrogens with zero attached hydrogens (tertiary/aromatic N) is 2. The van der Waals surface area contributed by atoms with Crippen molar-refractivity contribution in [1.29, 1.82) is 0 Å². The van der Waals surface area contributed by atoms with Crippen LogP contribution in [0.2, 0.25) is 0 Å². The second-order valence-corrected chi connectivity index (χ2v) is 6.73. The zero-order chi connectivity index (χ0) is 14.0. The van der Waals surface area contributed by atoms with E-state index in [1.807, 2.05) is 0 Å². The fourth-order valence-corrected chi connectivity index (χ4v) is 4.30. The Hall–Kier alpha value is -0.0300. The smallest absolute Gasteiger partial charge is 0.242 e. The monoisotopic (exact) mass is 351 g/mol. The highest BCUT2D eigenvalue weighted by Gasteiger charge is 2.42. The third kappa shape index (κ3) is 3.89. The van der Waals surface area contributed by atoms with Gasteiger partial charge in [0, 0.05) is 32.2 Å². The summed E-state index contributed by atoms with van der Waals surface area (Å²) in [4.78, 5) is 17.6. The zero-order valence-corrected chi connectivity index (χ0v) is 15.3. The molecule has 0 aromatic rings. The van der Waals surface area contributed by atoms with Gasteiger partial charge >= 0.3 is 0 Å². The van der Waals surface area contributed by atoms with Crippen LogP contribution in [0.1, 0.15) is 51.9 Å². The molecule has 4 nitrogen and oxygen atoms in total. The number of hydrogen-bond acceptors (Lipinski definition) is 3. The van der Waals surface area contributed by atoms with Crippen molar-refractivity contribution < 1.29 is 4.79 Å². The first-order valence-electron chi connectivity index (χ1n) is 8.54. The van der Waals surface area contributed by atoms with E-state index in [4.69, 9.17) is 0 Å². The molecule has 0 aromatic carbocycles. The molecule has 130 valence electrons. The van der Waals surface area contributed by atoms with Crippen molar-refractivity contribution >= 4 is 30.7 Å². The minimum absolute atomic E-state index is 0. The van der Waals surface area contributed by atoms with E-state index in [2.05, 4.69) is 22.0 Å². The molecule has 0 radical (unpaired) electrons. The zero-order valence-electron chi connectivity index (χ0n) is 13.7. The summed E-state index contributed by atoms with van der Waals surface area (Å²) in [7, 11) is 0. The van der Waals surface area contributed by atoms with Gasteiger partial charge in [-0.2, -0.15) is 0 Å². The van der Waals surface area contributed by atoms with E-state index < -0.39 is 0 Å². The van der Waals surface area contributed by atoms with Crippen molar-refractivity contribution in [2.75, 3.05) is 32.7 Å². The Bertz CT molecular complexity index is 347. The van der Waals surface area contributed by atoms with Gasteiger partial charge in [0.25, 0.3) is 0 Å². The highest BCUT2D eigenvalue weighted by Crippen LogP contribution is 2.28. The van der Waals surface area contributed by atoms with Crippen LogP contribution in [0.3, 0.4) is 0 Å². The fourth-order valence-electron chi connectivity index (χ4n) is 4.30. The van der Waals surface area contributed by atoms with Crippen LogP contribution in [-0.2, 0) is 4.79 Å². The Balaban J connectivity index is 0.00000121. The van der Waals surface area contributed by atoms with Crippen LogP contribution in [-0.4, -0.2) is 60.0 Å². The molecule has 1 saturated carbocycles. The minimum atomic E-state index is -0.241.